The van der Waals surface area contributed by atoms with E-state index in [1.165, 1.54) is 108 Å². The smallest absolute Gasteiger partial charge is 0.435 e. The van der Waals surface area contributed by atoms with Crippen LogP contribution in [0.2, 0.25) is 0 Å². The van der Waals surface area contributed by atoms with Crippen molar-refractivity contribution in [2.45, 2.75) is 161 Å². The highest BCUT2D eigenvalue weighted by Gasteiger charge is 2.33. The molecule has 0 bridgehead atoms. The SMILES string of the molecule is CCCCCCCCCCCSC(CCCCCCCC)C(C)OCCCOP(=O)(O)C(=O)OC(C)C. The summed E-state index contributed by atoms with van der Waals surface area (Å²) in [5, 5.41) is 0.464. The molecule has 0 fully saturated rings. The molecule has 0 aliphatic carbocycles. The molecule has 0 radical (unpaired) electrons. The van der Waals surface area contributed by atoms with Gasteiger partial charge in [-0.05, 0) is 45.8 Å². The van der Waals surface area contributed by atoms with Crippen molar-refractivity contribution < 1.29 is 28.3 Å². The van der Waals surface area contributed by atoms with E-state index in [2.05, 4.69) is 20.8 Å². The number of carbonyl (C=O) groups is 1. The quantitative estimate of drug-likeness (QED) is 0.0782. The fourth-order valence-electron chi connectivity index (χ4n) is 4.17. The van der Waals surface area contributed by atoms with Crippen molar-refractivity contribution >= 4 is 25.1 Å². The van der Waals surface area contributed by atoms with Gasteiger partial charge >= 0.3 is 13.3 Å². The zero-order valence-corrected chi connectivity index (χ0v) is 26.4. The second-order valence-corrected chi connectivity index (χ2v) is 13.5. The second-order valence-electron chi connectivity index (χ2n) is 10.5. The van der Waals surface area contributed by atoms with Crippen LogP contribution < -0.4 is 0 Å². The van der Waals surface area contributed by atoms with Crippen molar-refractivity contribution in [3.05, 3.63) is 0 Å². The van der Waals surface area contributed by atoms with Crippen LogP contribution in [0.15, 0.2) is 0 Å². The van der Waals surface area contributed by atoms with E-state index < -0.39 is 19.4 Å². The fraction of sp³-hybridized carbons (Fsp3) is 0.966. The Morgan fingerprint density at radius 2 is 1.27 bits per heavy atom. The summed E-state index contributed by atoms with van der Waals surface area (Å²) in [5.41, 5.74) is -1.19. The van der Waals surface area contributed by atoms with Gasteiger partial charge in [-0.2, -0.15) is 11.8 Å². The predicted molar refractivity (Wildman–Crippen MR) is 159 cm³/mol. The number of ether oxygens (including phenoxy) is 2. The van der Waals surface area contributed by atoms with Gasteiger partial charge in [0, 0.05) is 11.9 Å². The van der Waals surface area contributed by atoms with E-state index in [4.69, 9.17) is 14.0 Å². The largest absolute Gasteiger partial charge is 0.454 e. The zero-order valence-electron chi connectivity index (χ0n) is 24.7. The molecule has 6 nitrogen and oxygen atoms in total. The maximum atomic E-state index is 12.0. The fourth-order valence-corrected chi connectivity index (χ4v) is 6.35. The molecule has 0 aromatic rings. The molecule has 3 atom stereocenters. The number of carbonyl (C=O) groups excluding carboxylic acids is 1. The highest BCUT2D eigenvalue weighted by Crippen LogP contribution is 2.44. The third-order valence-corrected chi connectivity index (χ3v) is 9.12. The average Bonchev–Trinajstić information content (AvgIpc) is 2.85. The number of hydrogen-bond acceptors (Lipinski definition) is 6. The Kier molecular flexibility index (Phi) is 24.9. The molecule has 37 heavy (non-hydrogen) atoms. The molecule has 0 aliphatic heterocycles. The summed E-state index contributed by atoms with van der Waals surface area (Å²) in [6.07, 6.45) is 21.2. The molecule has 0 saturated heterocycles. The Labute approximate surface area is 233 Å². The van der Waals surface area contributed by atoms with E-state index in [9.17, 15) is 14.3 Å². The van der Waals surface area contributed by atoms with Crippen LogP contribution in [0.1, 0.15) is 144 Å². The van der Waals surface area contributed by atoms with Gasteiger partial charge in [-0.15, -0.1) is 0 Å². The minimum absolute atomic E-state index is 0.0125. The van der Waals surface area contributed by atoms with Gasteiger partial charge in [-0.25, -0.2) is 9.36 Å². The van der Waals surface area contributed by atoms with E-state index >= 15 is 0 Å². The first-order valence-electron chi connectivity index (χ1n) is 15.2. The molecular weight excluding hydrogens is 507 g/mol. The van der Waals surface area contributed by atoms with Crippen molar-refractivity contribution in [3.8, 4) is 0 Å². The van der Waals surface area contributed by atoms with Crippen molar-refractivity contribution in [2.24, 2.45) is 0 Å². The lowest BCUT2D eigenvalue weighted by Crippen LogP contribution is -2.25. The Balaban J connectivity index is 4.29. The van der Waals surface area contributed by atoms with E-state index in [-0.39, 0.29) is 12.7 Å². The van der Waals surface area contributed by atoms with E-state index in [0.717, 1.165) is 0 Å². The first-order valence-corrected chi connectivity index (χ1v) is 17.8. The highest BCUT2D eigenvalue weighted by atomic mass is 32.2. The molecule has 0 saturated carbocycles. The van der Waals surface area contributed by atoms with Gasteiger partial charge in [-0.1, -0.05) is 104 Å². The molecule has 222 valence electrons. The summed E-state index contributed by atoms with van der Waals surface area (Å²) in [6, 6.07) is 0. The number of hydrogen-bond donors (Lipinski definition) is 1. The normalized spacial score (nSPS) is 15.0. The van der Waals surface area contributed by atoms with Gasteiger partial charge in [0.2, 0.25) is 0 Å². The Morgan fingerprint density at radius 1 is 0.757 bits per heavy atom. The molecule has 0 aromatic heterocycles. The van der Waals surface area contributed by atoms with Crippen molar-refractivity contribution in [1.29, 1.82) is 0 Å². The molecule has 8 heteroatoms. The van der Waals surface area contributed by atoms with Gasteiger partial charge in [0.15, 0.2) is 0 Å². The molecule has 0 spiro atoms. The molecule has 0 aliphatic rings. The first-order chi connectivity index (χ1) is 17.7. The van der Waals surface area contributed by atoms with Gasteiger partial charge < -0.3 is 18.9 Å². The minimum Gasteiger partial charge on any atom is -0.454 e. The molecule has 3 unspecified atom stereocenters. The van der Waals surface area contributed by atoms with Crippen LogP contribution in [0.5, 0.6) is 0 Å². The Hall–Kier alpha value is -0.0700. The van der Waals surface area contributed by atoms with Gasteiger partial charge in [0.25, 0.3) is 0 Å². The van der Waals surface area contributed by atoms with E-state index in [1.54, 1.807) is 13.8 Å². The molecule has 1 N–H and O–H groups in total. The van der Waals surface area contributed by atoms with Crippen molar-refractivity contribution in [2.75, 3.05) is 19.0 Å². The predicted octanol–water partition coefficient (Wildman–Crippen LogP) is 9.91. The lowest BCUT2D eigenvalue weighted by Gasteiger charge is -2.24. The van der Waals surface area contributed by atoms with E-state index in [0.29, 0.717) is 18.3 Å². The van der Waals surface area contributed by atoms with Crippen molar-refractivity contribution in [3.63, 3.8) is 0 Å². The summed E-state index contributed by atoms with van der Waals surface area (Å²) in [7, 11) is -4.40. The van der Waals surface area contributed by atoms with Crippen LogP contribution in [0.25, 0.3) is 0 Å². The third kappa shape index (κ3) is 22.4. The Bertz CT molecular complexity index is 575. The van der Waals surface area contributed by atoms with Gasteiger partial charge in [-0.3, -0.25) is 0 Å². The van der Waals surface area contributed by atoms with Crippen LogP contribution in [0, 0.1) is 0 Å². The van der Waals surface area contributed by atoms with Crippen LogP contribution in [0.3, 0.4) is 0 Å². The number of thioether (sulfide) groups is 1. The summed E-state index contributed by atoms with van der Waals surface area (Å²) in [4.78, 5) is 21.4. The third-order valence-electron chi connectivity index (χ3n) is 6.45. The maximum Gasteiger partial charge on any atom is 0.435 e. The maximum absolute atomic E-state index is 12.0. The lowest BCUT2D eigenvalue weighted by atomic mass is 10.1. The van der Waals surface area contributed by atoms with Crippen LogP contribution in [-0.4, -0.2) is 47.0 Å². The zero-order chi connectivity index (χ0) is 27.8. The summed E-state index contributed by atoms with van der Waals surface area (Å²) < 4.78 is 27.8. The molecule has 0 rings (SSSR count). The average molecular weight is 567 g/mol. The Morgan fingerprint density at radius 3 is 1.81 bits per heavy atom. The summed E-state index contributed by atoms with van der Waals surface area (Å²) in [5.74, 6) is 1.18. The van der Waals surface area contributed by atoms with Gasteiger partial charge in [0.1, 0.15) is 0 Å². The standard InChI is InChI=1S/C29H59O6PS/c1-6-8-10-12-14-15-16-18-20-25-37-28(22-19-17-13-11-9-7-2)27(5)33-23-21-24-34-36(31,32)29(30)35-26(3)4/h26-28H,6-25H2,1-5H3,(H,31,32). The van der Waals surface area contributed by atoms with Crippen LogP contribution in [-0.2, 0) is 18.6 Å². The number of rotatable bonds is 27. The number of unbranched alkanes of at least 4 members (excludes halogenated alkanes) is 13. The van der Waals surface area contributed by atoms with Crippen LogP contribution in [0.4, 0.5) is 4.79 Å². The van der Waals surface area contributed by atoms with E-state index in [1.807, 2.05) is 11.8 Å². The second kappa shape index (κ2) is 24.9. The first kappa shape index (κ1) is 36.9. The molecular formula is C29H59O6PS. The molecule has 0 amide bonds. The lowest BCUT2D eigenvalue weighted by molar-refractivity contribution is 0.0533. The molecule has 0 aromatic carbocycles. The monoisotopic (exact) mass is 566 g/mol. The molecule has 0 heterocycles. The highest BCUT2D eigenvalue weighted by molar-refractivity contribution is 7.99. The van der Waals surface area contributed by atoms with Crippen LogP contribution >= 0.6 is 19.4 Å². The van der Waals surface area contributed by atoms with Gasteiger partial charge in [0.05, 0.1) is 18.8 Å². The minimum atomic E-state index is -4.40. The van der Waals surface area contributed by atoms with Crippen molar-refractivity contribution in [1.82, 2.24) is 0 Å². The summed E-state index contributed by atoms with van der Waals surface area (Å²) in [6.45, 7) is 10.3. The topological polar surface area (TPSA) is 82.1 Å². The summed E-state index contributed by atoms with van der Waals surface area (Å²) >= 11 is 2.05.